The smallest absolute Gasteiger partial charge is 0.178 e. The molecular weight excluding hydrogens is 435 g/mol. The van der Waals surface area contributed by atoms with E-state index in [0.29, 0.717) is 23.7 Å². The van der Waals surface area contributed by atoms with E-state index in [1.807, 2.05) is 36.4 Å². The summed E-state index contributed by atoms with van der Waals surface area (Å²) in [6.07, 6.45) is 9.36. The van der Waals surface area contributed by atoms with Gasteiger partial charge in [-0.25, -0.2) is 4.39 Å². The van der Waals surface area contributed by atoms with E-state index in [1.54, 1.807) is 13.2 Å². The molecule has 4 aliphatic rings. The molecule has 0 radical (unpaired) electrons. The molecular formula is C28H31FO3S. The van der Waals surface area contributed by atoms with E-state index in [2.05, 4.69) is 19.9 Å². The van der Waals surface area contributed by atoms with Crippen molar-refractivity contribution in [2.75, 3.05) is 12.9 Å². The molecule has 0 N–H and O–H groups in total. The summed E-state index contributed by atoms with van der Waals surface area (Å²) in [5.74, 6) is 1.51. The molecule has 6 atom stereocenters. The molecule has 5 heteroatoms. The predicted octanol–water partition coefficient (Wildman–Crippen LogP) is 5.87. The normalized spacial score (nSPS) is 37.3. The molecule has 33 heavy (non-hydrogen) atoms. The average molecular weight is 467 g/mol. The predicted molar refractivity (Wildman–Crippen MR) is 129 cm³/mol. The number of hydrogen-bond donors (Lipinski definition) is 0. The Hall–Kier alpha value is -2.27. The Morgan fingerprint density at radius 2 is 1.97 bits per heavy atom. The number of rotatable bonds is 4. The first-order chi connectivity index (χ1) is 15.8. The number of hydrogen-bond acceptors (Lipinski definition) is 3. The maximum Gasteiger partial charge on any atom is 0.178 e. The van der Waals surface area contributed by atoms with Crippen LogP contribution in [-0.4, -0.2) is 29.0 Å². The minimum Gasteiger partial charge on any atom is -0.500 e. The third-order valence-electron chi connectivity index (χ3n) is 8.57. The Labute approximate surface area is 197 Å². The van der Waals surface area contributed by atoms with Gasteiger partial charge in [-0.1, -0.05) is 42.8 Å². The van der Waals surface area contributed by atoms with Crippen LogP contribution >= 0.6 is 0 Å². The van der Waals surface area contributed by atoms with E-state index in [4.69, 9.17) is 4.74 Å². The van der Waals surface area contributed by atoms with Crippen LogP contribution in [0.15, 0.2) is 82.0 Å². The number of fused-ring (bicyclic) bond motifs is 5. The molecule has 174 valence electrons. The summed E-state index contributed by atoms with van der Waals surface area (Å²) in [5, 5.41) is 0. The molecule has 2 saturated carbocycles. The van der Waals surface area contributed by atoms with Gasteiger partial charge in [0.25, 0.3) is 0 Å². The zero-order valence-corrected chi connectivity index (χ0v) is 20.3. The average Bonchev–Trinajstić information content (AvgIpc) is 3.16. The molecule has 1 unspecified atom stereocenters. The summed E-state index contributed by atoms with van der Waals surface area (Å²) in [6.45, 7) is 4.34. The van der Waals surface area contributed by atoms with Crippen LogP contribution in [0, 0.1) is 22.7 Å². The van der Waals surface area contributed by atoms with Gasteiger partial charge in [0.05, 0.1) is 23.7 Å². The molecule has 1 aromatic rings. The van der Waals surface area contributed by atoms with Crippen LogP contribution < -0.4 is 0 Å². The van der Waals surface area contributed by atoms with Crippen molar-refractivity contribution in [2.45, 2.75) is 50.6 Å². The lowest BCUT2D eigenvalue weighted by Gasteiger charge is -2.52. The number of halogens is 1. The van der Waals surface area contributed by atoms with Crippen molar-refractivity contribution in [3.05, 3.63) is 77.1 Å². The van der Waals surface area contributed by atoms with Gasteiger partial charge in [0.15, 0.2) is 5.78 Å². The van der Waals surface area contributed by atoms with Gasteiger partial charge in [-0.2, -0.15) is 0 Å². The topological polar surface area (TPSA) is 43.4 Å². The number of methoxy groups -OCH3 is 1. The standard InChI is InChI=1S/C28H31FO3S/c1-27-14-12-22-20(16-25(29)24-15-18(30)11-13-28(22,24)2)21(27)9-10-23(27)26(32-3)17-33(31)19-7-5-4-6-8-19/h4-8,11-13,15,20-21,25H,9-10,14,16-17H2,1-3H3/t20-,21-,25-,27-,28+,33?/m0/s1. The van der Waals surface area contributed by atoms with Crippen molar-refractivity contribution in [1.29, 1.82) is 0 Å². The summed E-state index contributed by atoms with van der Waals surface area (Å²) < 4.78 is 34.3. The fourth-order valence-electron chi connectivity index (χ4n) is 6.85. The lowest BCUT2D eigenvalue weighted by molar-refractivity contribution is -0.110. The third-order valence-corrected chi connectivity index (χ3v) is 9.89. The van der Waals surface area contributed by atoms with E-state index in [1.165, 1.54) is 17.2 Å². The van der Waals surface area contributed by atoms with Gasteiger partial charge in [-0.15, -0.1) is 0 Å². The zero-order chi connectivity index (χ0) is 23.4. The second kappa shape index (κ2) is 8.19. The largest absolute Gasteiger partial charge is 0.500 e. The third kappa shape index (κ3) is 3.51. The SMILES string of the molecule is COC(CS(=O)c1ccccc1)=C1CC[C@H]2[C@@H]3C[C@H](F)C4=CC(=O)C=C[C@]4(C)C3=CC[C@]12C. The first-order valence-corrected chi connectivity index (χ1v) is 13.1. The molecule has 2 fully saturated rings. The maximum atomic E-state index is 15.4. The zero-order valence-electron chi connectivity index (χ0n) is 19.5. The minimum absolute atomic E-state index is 0.118. The summed E-state index contributed by atoms with van der Waals surface area (Å²) in [7, 11) is 0.496. The van der Waals surface area contributed by atoms with Crippen molar-refractivity contribution < 1.29 is 18.1 Å². The number of benzene rings is 1. The van der Waals surface area contributed by atoms with Crippen molar-refractivity contribution in [3.63, 3.8) is 0 Å². The summed E-state index contributed by atoms with van der Waals surface area (Å²) in [6, 6.07) is 9.51. The number of ketones is 1. The number of alkyl halides is 1. The second-order valence-corrected chi connectivity index (χ2v) is 11.6. The highest BCUT2D eigenvalue weighted by Crippen LogP contribution is 2.64. The quantitative estimate of drug-likeness (QED) is 0.412. The molecule has 3 nitrogen and oxygen atoms in total. The van der Waals surface area contributed by atoms with Crippen molar-refractivity contribution in [3.8, 4) is 0 Å². The fourth-order valence-corrected chi connectivity index (χ4v) is 8.01. The molecule has 0 amide bonds. The van der Waals surface area contributed by atoms with Crippen LogP contribution in [0.5, 0.6) is 0 Å². The van der Waals surface area contributed by atoms with Crippen LogP contribution in [-0.2, 0) is 20.3 Å². The van der Waals surface area contributed by atoms with E-state index < -0.39 is 22.4 Å². The number of carbonyl (C=O) groups excluding carboxylic acids is 1. The number of ether oxygens (including phenoxy) is 1. The van der Waals surface area contributed by atoms with Gasteiger partial charge in [0.2, 0.25) is 0 Å². The van der Waals surface area contributed by atoms with Crippen molar-refractivity contribution in [2.24, 2.45) is 22.7 Å². The number of carbonyl (C=O) groups is 1. The van der Waals surface area contributed by atoms with Gasteiger partial charge in [-0.05, 0) is 85.3 Å². The summed E-state index contributed by atoms with van der Waals surface area (Å²) in [4.78, 5) is 12.7. The van der Waals surface area contributed by atoms with Crippen LogP contribution in [0.3, 0.4) is 0 Å². The van der Waals surface area contributed by atoms with Crippen molar-refractivity contribution in [1.82, 2.24) is 0 Å². The van der Waals surface area contributed by atoms with Crippen LogP contribution in [0.1, 0.15) is 39.5 Å². The molecule has 4 aliphatic carbocycles. The Kier molecular flexibility index (Phi) is 5.59. The molecule has 0 bridgehead atoms. The van der Waals surface area contributed by atoms with Gasteiger partial charge in [-0.3, -0.25) is 9.00 Å². The molecule has 0 spiro atoms. The van der Waals surface area contributed by atoms with Gasteiger partial charge in [0, 0.05) is 10.3 Å². The van der Waals surface area contributed by atoms with E-state index in [-0.39, 0.29) is 17.1 Å². The van der Waals surface area contributed by atoms with Gasteiger partial charge < -0.3 is 4.74 Å². The van der Waals surface area contributed by atoms with Gasteiger partial charge in [0.1, 0.15) is 11.9 Å². The molecule has 5 rings (SSSR count). The molecule has 0 saturated heterocycles. The Morgan fingerprint density at radius 3 is 2.70 bits per heavy atom. The monoisotopic (exact) mass is 466 g/mol. The molecule has 1 aromatic carbocycles. The first-order valence-electron chi connectivity index (χ1n) is 11.8. The van der Waals surface area contributed by atoms with Crippen LogP contribution in [0.4, 0.5) is 4.39 Å². The lowest BCUT2D eigenvalue weighted by Crippen LogP contribution is -2.45. The summed E-state index contributed by atoms with van der Waals surface area (Å²) in [5.41, 5.74) is 2.48. The van der Waals surface area contributed by atoms with E-state index in [9.17, 15) is 9.00 Å². The Bertz CT molecular complexity index is 1130. The molecule has 0 heterocycles. The lowest BCUT2D eigenvalue weighted by atomic mass is 9.52. The van der Waals surface area contributed by atoms with Crippen LogP contribution in [0.2, 0.25) is 0 Å². The molecule has 0 aliphatic heterocycles. The number of allylic oxidation sites excluding steroid dienone is 7. The Balaban J connectivity index is 1.50. The highest BCUT2D eigenvalue weighted by molar-refractivity contribution is 7.85. The van der Waals surface area contributed by atoms with Crippen LogP contribution in [0.25, 0.3) is 0 Å². The van der Waals surface area contributed by atoms with E-state index in [0.717, 1.165) is 29.9 Å². The fraction of sp³-hybridized carbons (Fsp3) is 0.464. The summed E-state index contributed by atoms with van der Waals surface area (Å²) >= 11 is 0. The van der Waals surface area contributed by atoms with E-state index >= 15 is 4.39 Å². The maximum absolute atomic E-state index is 15.4. The minimum atomic E-state index is -1.18. The highest BCUT2D eigenvalue weighted by atomic mass is 32.2. The highest BCUT2D eigenvalue weighted by Gasteiger charge is 2.56. The second-order valence-electron chi connectivity index (χ2n) is 10.2. The van der Waals surface area contributed by atoms with Crippen molar-refractivity contribution >= 4 is 16.6 Å². The first kappa shape index (κ1) is 22.5. The molecule has 0 aromatic heterocycles. The van der Waals surface area contributed by atoms with Gasteiger partial charge >= 0.3 is 0 Å². The Morgan fingerprint density at radius 1 is 1.21 bits per heavy atom.